The van der Waals surface area contributed by atoms with Crippen molar-refractivity contribution in [1.29, 1.82) is 0 Å². The van der Waals surface area contributed by atoms with Crippen LogP contribution >= 0.6 is 0 Å². The van der Waals surface area contributed by atoms with Gasteiger partial charge in [-0.1, -0.05) is 12.8 Å². The maximum absolute atomic E-state index is 13.0. The van der Waals surface area contributed by atoms with E-state index >= 15 is 0 Å². The normalized spacial score (nSPS) is 17.3. The van der Waals surface area contributed by atoms with E-state index in [0.29, 0.717) is 22.3 Å². The molecule has 33 heavy (non-hydrogen) atoms. The summed E-state index contributed by atoms with van der Waals surface area (Å²) in [6, 6.07) is 8.95. The van der Waals surface area contributed by atoms with E-state index in [-0.39, 0.29) is 11.5 Å². The second kappa shape index (κ2) is 9.31. The average molecular weight is 447 g/mol. The summed E-state index contributed by atoms with van der Waals surface area (Å²) in [6.45, 7) is 4.72. The Bertz CT molecular complexity index is 1210. The Morgan fingerprint density at radius 1 is 0.970 bits per heavy atom. The van der Waals surface area contributed by atoms with Gasteiger partial charge in [-0.25, -0.2) is 9.97 Å². The number of hydrogen-bond donors (Lipinski definition) is 1. The number of benzene rings is 1. The molecule has 2 aromatic heterocycles. The fourth-order valence-electron chi connectivity index (χ4n) is 4.64. The van der Waals surface area contributed by atoms with Crippen LogP contribution in [0.25, 0.3) is 10.9 Å². The lowest BCUT2D eigenvalue weighted by molar-refractivity contribution is 0.102. The molecule has 0 saturated carbocycles. The van der Waals surface area contributed by atoms with E-state index in [1.165, 1.54) is 0 Å². The summed E-state index contributed by atoms with van der Waals surface area (Å²) in [5, 5.41) is 3.43. The topological polar surface area (TPSA) is 83.4 Å². The van der Waals surface area contributed by atoms with Crippen LogP contribution in [0.3, 0.4) is 0 Å². The van der Waals surface area contributed by atoms with Crippen molar-refractivity contribution in [3.05, 3.63) is 58.3 Å². The van der Waals surface area contributed by atoms with Crippen molar-refractivity contribution >= 4 is 28.3 Å². The molecule has 2 aliphatic rings. The number of nitrogens with one attached hydrogen (secondary N) is 1. The summed E-state index contributed by atoms with van der Waals surface area (Å²) in [5.74, 6) is 1.07. The molecule has 1 saturated heterocycles. The molecule has 4 heterocycles. The number of aryl methyl sites for hydroxylation is 1. The Morgan fingerprint density at radius 2 is 1.79 bits per heavy atom. The van der Waals surface area contributed by atoms with Crippen LogP contribution in [0, 0.1) is 0 Å². The summed E-state index contributed by atoms with van der Waals surface area (Å²) in [4.78, 5) is 39.7. The van der Waals surface area contributed by atoms with Crippen molar-refractivity contribution in [2.75, 3.05) is 43.4 Å². The standard InChI is InChI=1S/C25H30N6O2/c1-29-12-14-30(15-13-29)19-8-10-22(26-17-19)28-24(32)18-7-9-20-21(16-18)27-23-6-4-2-3-5-11-31(23)25(20)33/h7-10,16-17H,2-6,11-15H2,1H3,(H,26,28,32). The second-order valence-electron chi connectivity index (χ2n) is 9.03. The van der Waals surface area contributed by atoms with Gasteiger partial charge in [0, 0.05) is 44.7 Å². The molecule has 0 aliphatic carbocycles. The van der Waals surface area contributed by atoms with Crippen LogP contribution in [0.5, 0.6) is 0 Å². The molecule has 8 heteroatoms. The van der Waals surface area contributed by atoms with Gasteiger partial charge in [-0.05, 0) is 50.2 Å². The van der Waals surface area contributed by atoms with Gasteiger partial charge < -0.3 is 15.1 Å². The van der Waals surface area contributed by atoms with E-state index in [4.69, 9.17) is 4.98 Å². The van der Waals surface area contributed by atoms with Crippen molar-refractivity contribution in [3.63, 3.8) is 0 Å². The summed E-state index contributed by atoms with van der Waals surface area (Å²) >= 11 is 0. The molecule has 8 nitrogen and oxygen atoms in total. The number of piperazine rings is 1. The predicted molar refractivity (Wildman–Crippen MR) is 130 cm³/mol. The molecule has 0 spiro atoms. The van der Waals surface area contributed by atoms with Crippen LogP contribution in [0.4, 0.5) is 11.5 Å². The molecule has 1 N–H and O–H groups in total. The molecule has 5 rings (SSSR count). The molecule has 0 radical (unpaired) electrons. The van der Waals surface area contributed by atoms with E-state index < -0.39 is 0 Å². The zero-order valence-corrected chi connectivity index (χ0v) is 19.1. The fraction of sp³-hybridized carbons (Fsp3) is 0.440. The molecule has 0 atom stereocenters. The summed E-state index contributed by atoms with van der Waals surface area (Å²) in [7, 11) is 2.13. The van der Waals surface area contributed by atoms with Crippen LogP contribution in [0.15, 0.2) is 41.3 Å². The van der Waals surface area contributed by atoms with Crippen molar-refractivity contribution in [3.8, 4) is 0 Å². The largest absolute Gasteiger partial charge is 0.368 e. The van der Waals surface area contributed by atoms with Gasteiger partial charge in [0.05, 0.1) is 22.8 Å². The minimum absolute atomic E-state index is 0.00924. The molecule has 0 bridgehead atoms. The van der Waals surface area contributed by atoms with Gasteiger partial charge >= 0.3 is 0 Å². The maximum atomic E-state index is 13.0. The van der Waals surface area contributed by atoms with Crippen LogP contribution in [0.2, 0.25) is 0 Å². The Kier molecular flexibility index (Phi) is 6.09. The van der Waals surface area contributed by atoms with E-state index in [0.717, 1.165) is 76.3 Å². The molecule has 1 fully saturated rings. The van der Waals surface area contributed by atoms with Gasteiger partial charge in [0.1, 0.15) is 11.6 Å². The van der Waals surface area contributed by atoms with Crippen LogP contribution < -0.4 is 15.8 Å². The zero-order chi connectivity index (χ0) is 22.8. The molecule has 172 valence electrons. The monoisotopic (exact) mass is 446 g/mol. The molecule has 1 aromatic carbocycles. The van der Waals surface area contributed by atoms with Gasteiger partial charge in [0.25, 0.3) is 11.5 Å². The van der Waals surface area contributed by atoms with E-state index in [1.54, 1.807) is 18.2 Å². The quantitative estimate of drug-likeness (QED) is 0.666. The maximum Gasteiger partial charge on any atom is 0.261 e. The third kappa shape index (κ3) is 4.61. The summed E-state index contributed by atoms with van der Waals surface area (Å²) in [6.07, 6.45) is 6.95. The first kappa shape index (κ1) is 21.6. The van der Waals surface area contributed by atoms with Crippen molar-refractivity contribution in [1.82, 2.24) is 19.4 Å². The number of carbonyl (C=O) groups is 1. The van der Waals surface area contributed by atoms with Crippen molar-refractivity contribution in [2.24, 2.45) is 0 Å². The highest BCUT2D eigenvalue weighted by Crippen LogP contribution is 2.19. The van der Waals surface area contributed by atoms with Gasteiger partial charge in [-0.3, -0.25) is 14.2 Å². The number of rotatable bonds is 3. The lowest BCUT2D eigenvalue weighted by Crippen LogP contribution is -2.44. The summed E-state index contributed by atoms with van der Waals surface area (Å²) < 4.78 is 1.81. The molecular weight excluding hydrogens is 416 g/mol. The van der Waals surface area contributed by atoms with Crippen LogP contribution in [-0.4, -0.2) is 58.6 Å². The van der Waals surface area contributed by atoms with Gasteiger partial charge in [-0.2, -0.15) is 0 Å². The highest BCUT2D eigenvalue weighted by atomic mass is 16.1. The first-order valence-corrected chi connectivity index (χ1v) is 11.8. The Labute approximate surface area is 193 Å². The lowest BCUT2D eigenvalue weighted by Gasteiger charge is -2.33. The van der Waals surface area contributed by atoms with E-state index in [9.17, 15) is 9.59 Å². The Hall–Kier alpha value is -3.26. The van der Waals surface area contributed by atoms with Gasteiger partial charge in [-0.15, -0.1) is 0 Å². The van der Waals surface area contributed by atoms with Crippen LogP contribution in [-0.2, 0) is 13.0 Å². The van der Waals surface area contributed by atoms with Crippen molar-refractivity contribution < 1.29 is 4.79 Å². The number of hydrogen-bond acceptors (Lipinski definition) is 6. The first-order chi connectivity index (χ1) is 16.1. The Balaban J connectivity index is 1.34. The molecule has 3 aromatic rings. The fourth-order valence-corrected chi connectivity index (χ4v) is 4.64. The SMILES string of the molecule is CN1CCN(c2ccc(NC(=O)c3ccc4c(=O)n5c(nc4c3)CCCCCC5)nc2)CC1. The predicted octanol–water partition coefficient (Wildman–Crippen LogP) is 2.91. The number of nitrogens with zero attached hydrogens (tertiary/aromatic N) is 5. The highest BCUT2D eigenvalue weighted by Gasteiger charge is 2.17. The number of fused-ring (bicyclic) bond motifs is 2. The molecule has 2 aliphatic heterocycles. The van der Waals surface area contributed by atoms with Gasteiger partial charge in [0.2, 0.25) is 0 Å². The lowest BCUT2D eigenvalue weighted by atomic mass is 10.1. The minimum atomic E-state index is -0.259. The van der Waals surface area contributed by atoms with Crippen molar-refractivity contribution in [2.45, 2.75) is 38.6 Å². The molecular formula is C25H30N6O2. The summed E-state index contributed by atoms with van der Waals surface area (Å²) in [5.41, 5.74) is 2.10. The average Bonchev–Trinajstić information content (AvgIpc) is 2.81. The Morgan fingerprint density at radius 3 is 2.58 bits per heavy atom. The minimum Gasteiger partial charge on any atom is -0.368 e. The highest BCUT2D eigenvalue weighted by molar-refractivity contribution is 6.05. The number of anilines is 2. The van der Waals surface area contributed by atoms with Crippen LogP contribution in [0.1, 0.15) is 41.9 Å². The first-order valence-electron chi connectivity index (χ1n) is 11.8. The zero-order valence-electron chi connectivity index (χ0n) is 19.1. The number of likely N-dealkylation sites (N-methyl/N-ethyl adjacent to an activating group) is 1. The molecule has 0 unspecified atom stereocenters. The number of pyridine rings is 1. The number of aromatic nitrogens is 3. The second-order valence-corrected chi connectivity index (χ2v) is 9.03. The smallest absolute Gasteiger partial charge is 0.261 e. The van der Waals surface area contributed by atoms with E-state index in [1.807, 2.05) is 22.9 Å². The molecule has 1 amide bonds. The number of amides is 1. The van der Waals surface area contributed by atoms with E-state index in [2.05, 4.69) is 27.1 Å². The number of carbonyl (C=O) groups excluding carboxylic acids is 1. The third-order valence-corrected chi connectivity index (χ3v) is 6.69. The third-order valence-electron chi connectivity index (χ3n) is 6.69. The van der Waals surface area contributed by atoms with Gasteiger partial charge in [0.15, 0.2) is 0 Å².